The van der Waals surface area contributed by atoms with Crippen LogP contribution in [0.15, 0.2) is 60.7 Å². The number of nitrogens with one attached hydrogen (secondary N) is 3. The summed E-state index contributed by atoms with van der Waals surface area (Å²) in [4.78, 5) is 107. The highest BCUT2D eigenvalue weighted by molar-refractivity contribution is 5.88. The zero-order valence-electron chi connectivity index (χ0n) is 33.9. The van der Waals surface area contributed by atoms with Crippen molar-refractivity contribution in [2.24, 2.45) is 11.5 Å². The standard InChI is InChI=1S/C40H59N9O8/c1-27(41)19-46(31(5)50)24-36(53)44-29(3)21-48(39(56)17-33-13-9-7-10-14-33)26-38(55)45-30(4)22-49(40(57)18-34-15-11-8-12-16-34)25-37(54)43-28(2)20-47(32(6)51)23-35(42)52/h7-16,27-30H,17-26,41H2,1-6H3,(H2,42,52)(H,43,54)(H,44,53)(H,45,55)/t27-,28-,29-,30-/m0/s1. The molecule has 0 aromatic heterocycles. The lowest BCUT2D eigenvalue weighted by atomic mass is 10.1. The van der Waals surface area contributed by atoms with Crippen LogP contribution in [0.25, 0.3) is 0 Å². The molecular formula is C40H59N9O8. The van der Waals surface area contributed by atoms with Crippen LogP contribution in [0.2, 0.25) is 0 Å². The second-order valence-corrected chi connectivity index (χ2v) is 14.5. The second kappa shape index (κ2) is 23.9. The van der Waals surface area contributed by atoms with Gasteiger partial charge in [0.1, 0.15) is 0 Å². The van der Waals surface area contributed by atoms with Crippen molar-refractivity contribution in [3.63, 3.8) is 0 Å². The number of amides is 8. The summed E-state index contributed by atoms with van der Waals surface area (Å²) in [7, 11) is 0. The highest BCUT2D eigenvalue weighted by atomic mass is 16.2. The molecule has 0 aliphatic heterocycles. The number of carbonyl (C=O) groups excluding carboxylic acids is 8. The summed E-state index contributed by atoms with van der Waals surface area (Å²) in [6, 6.07) is 15.7. The Balaban J connectivity index is 2.18. The third-order valence-electron chi connectivity index (χ3n) is 8.56. The molecule has 7 N–H and O–H groups in total. The first kappa shape index (κ1) is 47.3. The van der Waals surface area contributed by atoms with Crippen LogP contribution in [0.5, 0.6) is 0 Å². The average Bonchev–Trinajstić information content (AvgIpc) is 3.10. The summed E-state index contributed by atoms with van der Waals surface area (Å²) < 4.78 is 0. The van der Waals surface area contributed by atoms with Crippen LogP contribution in [-0.2, 0) is 51.2 Å². The van der Waals surface area contributed by atoms with Gasteiger partial charge in [-0.05, 0) is 38.8 Å². The predicted molar refractivity (Wildman–Crippen MR) is 214 cm³/mol. The normalized spacial score (nSPS) is 12.8. The highest BCUT2D eigenvalue weighted by Crippen LogP contribution is 2.07. The van der Waals surface area contributed by atoms with Gasteiger partial charge in [0, 0.05) is 64.2 Å². The monoisotopic (exact) mass is 793 g/mol. The minimum absolute atomic E-state index is 0.00114. The molecule has 0 heterocycles. The maximum Gasteiger partial charge on any atom is 0.239 e. The Labute approximate surface area is 334 Å². The summed E-state index contributed by atoms with van der Waals surface area (Å²) in [5.74, 6) is -3.66. The molecular weight excluding hydrogens is 734 g/mol. The molecule has 2 aromatic carbocycles. The van der Waals surface area contributed by atoms with E-state index in [1.165, 1.54) is 33.4 Å². The number of carbonyl (C=O) groups is 8. The van der Waals surface area contributed by atoms with Crippen molar-refractivity contribution in [1.29, 1.82) is 0 Å². The topological polar surface area (TPSA) is 238 Å². The third-order valence-corrected chi connectivity index (χ3v) is 8.56. The third kappa shape index (κ3) is 19.0. The summed E-state index contributed by atoms with van der Waals surface area (Å²) in [5.41, 5.74) is 12.5. The molecule has 8 amide bonds. The maximum atomic E-state index is 13.6. The molecule has 0 radical (unpaired) electrons. The van der Waals surface area contributed by atoms with E-state index in [0.29, 0.717) is 0 Å². The molecule has 0 saturated carbocycles. The van der Waals surface area contributed by atoms with Crippen molar-refractivity contribution in [3.8, 4) is 0 Å². The van der Waals surface area contributed by atoms with Crippen molar-refractivity contribution in [3.05, 3.63) is 71.8 Å². The zero-order valence-corrected chi connectivity index (χ0v) is 33.9. The average molecular weight is 794 g/mol. The molecule has 17 heteroatoms. The van der Waals surface area contributed by atoms with E-state index in [4.69, 9.17) is 11.5 Å². The molecule has 0 fully saturated rings. The van der Waals surface area contributed by atoms with Crippen LogP contribution in [0.4, 0.5) is 0 Å². The molecule has 0 saturated heterocycles. The van der Waals surface area contributed by atoms with Crippen LogP contribution in [0.3, 0.4) is 0 Å². The first-order valence-corrected chi connectivity index (χ1v) is 18.9. The first-order valence-electron chi connectivity index (χ1n) is 18.9. The van der Waals surface area contributed by atoms with Crippen molar-refractivity contribution >= 4 is 47.3 Å². The smallest absolute Gasteiger partial charge is 0.239 e. The van der Waals surface area contributed by atoms with Gasteiger partial charge in [-0.25, -0.2) is 0 Å². The molecule has 4 atom stereocenters. The summed E-state index contributed by atoms with van der Waals surface area (Å²) in [6.07, 6.45) is -0.0132. The Kier molecular flexibility index (Phi) is 19.9. The van der Waals surface area contributed by atoms with Gasteiger partial charge in [0.25, 0.3) is 0 Å². The minimum atomic E-state index is -0.701. The lowest BCUT2D eigenvalue weighted by molar-refractivity contribution is -0.138. The van der Waals surface area contributed by atoms with Crippen LogP contribution in [0, 0.1) is 0 Å². The quantitative estimate of drug-likeness (QED) is 0.0943. The molecule has 0 aliphatic rings. The molecule has 57 heavy (non-hydrogen) atoms. The number of primary amides is 1. The zero-order chi connectivity index (χ0) is 42.7. The Morgan fingerprint density at radius 3 is 1.14 bits per heavy atom. The number of hydrogen-bond acceptors (Lipinski definition) is 9. The van der Waals surface area contributed by atoms with E-state index < -0.39 is 47.7 Å². The maximum absolute atomic E-state index is 13.6. The van der Waals surface area contributed by atoms with E-state index in [2.05, 4.69) is 16.0 Å². The lowest BCUT2D eigenvalue weighted by Crippen LogP contribution is -2.53. The molecule has 312 valence electrons. The van der Waals surface area contributed by atoms with E-state index in [1.54, 1.807) is 76.2 Å². The van der Waals surface area contributed by atoms with Gasteiger partial charge in [-0.2, -0.15) is 0 Å². The van der Waals surface area contributed by atoms with Crippen molar-refractivity contribution < 1.29 is 38.4 Å². The Hall–Kier alpha value is -5.84. The van der Waals surface area contributed by atoms with Crippen LogP contribution in [-0.4, -0.2) is 143 Å². The predicted octanol–water partition coefficient (Wildman–Crippen LogP) is -0.827. The van der Waals surface area contributed by atoms with Crippen LogP contribution >= 0.6 is 0 Å². The Morgan fingerprint density at radius 2 is 0.825 bits per heavy atom. The molecule has 0 bridgehead atoms. The second-order valence-electron chi connectivity index (χ2n) is 14.5. The summed E-state index contributed by atoms with van der Waals surface area (Å²) in [6.45, 7) is 8.20. The fraction of sp³-hybridized carbons (Fsp3) is 0.500. The van der Waals surface area contributed by atoms with E-state index in [1.807, 2.05) is 12.1 Å². The summed E-state index contributed by atoms with van der Waals surface area (Å²) >= 11 is 0. The highest BCUT2D eigenvalue weighted by Gasteiger charge is 2.26. The van der Waals surface area contributed by atoms with E-state index >= 15 is 0 Å². The largest absolute Gasteiger partial charge is 0.368 e. The van der Waals surface area contributed by atoms with Crippen LogP contribution < -0.4 is 27.4 Å². The number of nitrogens with two attached hydrogens (primary N) is 2. The van der Waals surface area contributed by atoms with E-state index in [9.17, 15) is 38.4 Å². The lowest BCUT2D eigenvalue weighted by Gasteiger charge is -2.30. The number of hydrogen-bond donors (Lipinski definition) is 5. The number of nitrogens with zero attached hydrogens (tertiary/aromatic N) is 4. The van der Waals surface area contributed by atoms with Gasteiger partial charge < -0.3 is 47.0 Å². The van der Waals surface area contributed by atoms with Gasteiger partial charge in [0.15, 0.2) is 0 Å². The van der Waals surface area contributed by atoms with Crippen molar-refractivity contribution in [2.75, 3.05) is 52.4 Å². The minimum Gasteiger partial charge on any atom is -0.368 e. The van der Waals surface area contributed by atoms with Crippen molar-refractivity contribution in [1.82, 2.24) is 35.6 Å². The van der Waals surface area contributed by atoms with Crippen molar-refractivity contribution in [2.45, 2.75) is 78.6 Å². The Bertz CT molecular complexity index is 1680. The fourth-order valence-corrected chi connectivity index (χ4v) is 6.03. The SMILES string of the molecule is CC(=O)N(CC(=O)N[C@@H](C)CN(CC(=O)N[C@@H](C)CN(CC(=O)N[C@@H](C)CN(CC(N)=O)C(C)=O)C(=O)Cc1ccccc1)C(=O)Cc1ccccc1)C[C@H](C)N. The molecule has 0 spiro atoms. The van der Waals surface area contributed by atoms with E-state index in [-0.39, 0.29) is 89.0 Å². The first-order chi connectivity index (χ1) is 26.8. The molecule has 2 rings (SSSR count). The van der Waals surface area contributed by atoms with Crippen LogP contribution in [0.1, 0.15) is 52.7 Å². The van der Waals surface area contributed by atoms with Gasteiger partial charge in [0.05, 0.1) is 39.0 Å². The number of benzene rings is 2. The molecule has 0 aliphatic carbocycles. The van der Waals surface area contributed by atoms with Gasteiger partial charge >= 0.3 is 0 Å². The number of rotatable bonds is 23. The molecule has 2 aromatic rings. The van der Waals surface area contributed by atoms with Gasteiger partial charge in [-0.15, -0.1) is 0 Å². The molecule has 0 unspecified atom stereocenters. The summed E-state index contributed by atoms with van der Waals surface area (Å²) in [5, 5.41) is 8.38. The van der Waals surface area contributed by atoms with E-state index in [0.717, 1.165) is 11.1 Å². The Morgan fingerprint density at radius 1 is 0.509 bits per heavy atom. The van der Waals surface area contributed by atoms with Gasteiger partial charge in [-0.3, -0.25) is 38.4 Å². The van der Waals surface area contributed by atoms with Gasteiger partial charge in [0.2, 0.25) is 47.3 Å². The molecule has 17 nitrogen and oxygen atoms in total. The van der Waals surface area contributed by atoms with Gasteiger partial charge in [-0.1, -0.05) is 60.7 Å². The fourth-order valence-electron chi connectivity index (χ4n) is 6.03.